The van der Waals surface area contributed by atoms with Crippen LogP contribution in [0.4, 0.5) is 0 Å². The SMILES string of the molecule is CC(O)C(N)C(=O)NC(CCCN=C(N)N)C(=O)NC(CCC(=O)O)C(=O)NC(CS)C(=O)O. The Hall–Kier alpha value is -3.11. The van der Waals surface area contributed by atoms with Gasteiger partial charge in [-0.05, 0) is 26.2 Å². The average Bonchev–Trinajstić information content (AvgIpc) is 2.75. The second-order valence-electron chi connectivity index (χ2n) is 7.35. The van der Waals surface area contributed by atoms with Crippen molar-refractivity contribution in [2.75, 3.05) is 12.3 Å². The molecule has 5 atom stereocenters. The van der Waals surface area contributed by atoms with Crippen LogP contribution in [-0.2, 0) is 24.0 Å². The van der Waals surface area contributed by atoms with Crippen molar-refractivity contribution in [3.63, 3.8) is 0 Å². The van der Waals surface area contributed by atoms with Gasteiger partial charge in [0.05, 0.1) is 6.10 Å². The number of rotatable bonds is 16. The van der Waals surface area contributed by atoms with Gasteiger partial charge in [0, 0.05) is 18.7 Å². The molecule has 0 aliphatic carbocycles. The second-order valence-corrected chi connectivity index (χ2v) is 7.72. The molecule has 0 saturated heterocycles. The average molecular weight is 508 g/mol. The Balaban J connectivity index is 5.58. The molecule has 0 radical (unpaired) electrons. The molecule has 15 nitrogen and oxygen atoms in total. The van der Waals surface area contributed by atoms with Gasteiger partial charge < -0.3 is 48.5 Å². The molecule has 34 heavy (non-hydrogen) atoms. The molecule has 5 unspecified atom stereocenters. The first-order valence-corrected chi connectivity index (χ1v) is 10.9. The lowest BCUT2D eigenvalue weighted by atomic mass is 10.1. The molecule has 0 saturated carbocycles. The summed E-state index contributed by atoms with van der Waals surface area (Å²) in [6.07, 6.45) is -1.84. The molecule has 0 aromatic rings. The predicted octanol–water partition coefficient (Wildman–Crippen LogP) is -3.92. The minimum Gasteiger partial charge on any atom is -0.481 e. The highest BCUT2D eigenvalue weighted by molar-refractivity contribution is 7.80. The summed E-state index contributed by atoms with van der Waals surface area (Å²) in [5.74, 6) is -5.69. The van der Waals surface area contributed by atoms with E-state index in [0.29, 0.717) is 0 Å². The number of nitrogens with zero attached hydrogens (tertiary/aromatic N) is 1. The maximum absolute atomic E-state index is 12.9. The fourth-order valence-electron chi connectivity index (χ4n) is 2.53. The molecule has 194 valence electrons. The summed E-state index contributed by atoms with van der Waals surface area (Å²) >= 11 is 3.84. The molecule has 0 aliphatic heterocycles. The Bertz CT molecular complexity index is 761. The molecule has 0 aromatic heterocycles. The van der Waals surface area contributed by atoms with Gasteiger partial charge in [0.1, 0.15) is 24.2 Å². The maximum atomic E-state index is 12.9. The second kappa shape index (κ2) is 15.7. The Labute approximate surface area is 201 Å². The number of guanidine groups is 1. The smallest absolute Gasteiger partial charge is 0.327 e. The van der Waals surface area contributed by atoms with Crippen molar-refractivity contribution < 1.29 is 39.3 Å². The van der Waals surface area contributed by atoms with Gasteiger partial charge in [0.25, 0.3) is 0 Å². The van der Waals surface area contributed by atoms with Crippen molar-refractivity contribution in [2.24, 2.45) is 22.2 Å². The van der Waals surface area contributed by atoms with Gasteiger partial charge in [-0.1, -0.05) is 0 Å². The van der Waals surface area contributed by atoms with Crippen LogP contribution in [0.1, 0.15) is 32.6 Å². The summed E-state index contributed by atoms with van der Waals surface area (Å²) in [4.78, 5) is 63.6. The van der Waals surface area contributed by atoms with Crippen molar-refractivity contribution in [1.82, 2.24) is 16.0 Å². The quantitative estimate of drug-likeness (QED) is 0.0417. The molecule has 0 aromatic carbocycles. The number of amides is 3. The minimum atomic E-state index is -1.42. The third-order valence-corrected chi connectivity index (χ3v) is 4.84. The number of carboxylic acid groups (broad SMARTS) is 2. The molecule has 3 amide bonds. The molecule has 16 heteroatoms. The summed E-state index contributed by atoms with van der Waals surface area (Å²) in [6, 6.07) is -5.38. The van der Waals surface area contributed by atoms with Gasteiger partial charge in [-0.25, -0.2) is 4.79 Å². The van der Waals surface area contributed by atoms with Crippen LogP contribution in [-0.4, -0.2) is 93.5 Å². The molecule has 0 rings (SSSR count). The number of aliphatic imine (C=N–C) groups is 1. The maximum Gasteiger partial charge on any atom is 0.327 e. The highest BCUT2D eigenvalue weighted by Crippen LogP contribution is 2.05. The van der Waals surface area contributed by atoms with Crippen molar-refractivity contribution in [3.8, 4) is 0 Å². The fraction of sp³-hybridized carbons (Fsp3) is 0.667. The lowest BCUT2D eigenvalue weighted by Gasteiger charge is -2.25. The highest BCUT2D eigenvalue weighted by atomic mass is 32.1. The van der Waals surface area contributed by atoms with Crippen LogP contribution in [0.25, 0.3) is 0 Å². The van der Waals surface area contributed by atoms with E-state index in [1.807, 2.05) is 0 Å². The lowest BCUT2D eigenvalue weighted by Crippen LogP contribution is -2.58. The van der Waals surface area contributed by atoms with Crippen LogP contribution in [0.5, 0.6) is 0 Å². The van der Waals surface area contributed by atoms with E-state index < -0.39 is 66.4 Å². The molecule has 0 fully saturated rings. The number of hydrogen-bond donors (Lipinski definition) is 10. The molecule has 0 spiro atoms. The monoisotopic (exact) mass is 507 g/mol. The third-order valence-electron chi connectivity index (χ3n) is 4.48. The van der Waals surface area contributed by atoms with Crippen molar-refractivity contribution in [2.45, 2.75) is 62.9 Å². The van der Waals surface area contributed by atoms with Gasteiger partial charge in [0.15, 0.2) is 5.96 Å². The van der Waals surface area contributed by atoms with Crippen LogP contribution in [0, 0.1) is 0 Å². The number of aliphatic hydroxyl groups is 1. The summed E-state index contributed by atoms with van der Waals surface area (Å²) in [7, 11) is 0. The van der Waals surface area contributed by atoms with Gasteiger partial charge >= 0.3 is 11.9 Å². The van der Waals surface area contributed by atoms with Crippen LogP contribution in [0.3, 0.4) is 0 Å². The van der Waals surface area contributed by atoms with Gasteiger partial charge in [0.2, 0.25) is 17.7 Å². The number of aliphatic hydroxyl groups excluding tert-OH is 1. The van der Waals surface area contributed by atoms with E-state index in [1.54, 1.807) is 0 Å². The van der Waals surface area contributed by atoms with E-state index in [1.165, 1.54) is 6.92 Å². The first kappa shape index (κ1) is 30.9. The zero-order chi connectivity index (χ0) is 26.4. The number of aliphatic carboxylic acids is 2. The number of carbonyl (C=O) groups is 5. The summed E-state index contributed by atoms with van der Waals surface area (Å²) < 4.78 is 0. The Kier molecular flexibility index (Phi) is 14.2. The number of hydrogen-bond acceptors (Lipinski definition) is 9. The molecule has 0 bridgehead atoms. The number of thiol groups is 1. The number of carboxylic acids is 2. The fourth-order valence-corrected chi connectivity index (χ4v) is 2.77. The van der Waals surface area contributed by atoms with Crippen molar-refractivity contribution in [1.29, 1.82) is 0 Å². The van der Waals surface area contributed by atoms with Gasteiger partial charge in [-0.3, -0.25) is 24.2 Å². The normalized spacial score (nSPS) is 15.1. The number of carbonyl (C=O) groups excluding carboxylic acids is 3. The van der Waals surface area contributed by atoms with E-state index in [0.717, 1.165) is 0 Å². The minimum absolute atomic E-state index is 0.00252. The molecular weight excluding hydrogens is 474 g/mol. The zero-order valence-corrected chi connectivity index (χ0v) is 19.5. The number of nitrogens with two attached hydrogens (primary N) is 3. The summed E-state index contributed by atoms with van der Waals surface area (Å²) in [5, 5.41) is 34.4. The van der Waals surface area contributed by atoms with Crippen molar-refractivity contribution in [3.05, 3.63) is 0 Å². The molecular formula is C18H33N7O8S. The van der Waals surface area contributed by atoms with Gasteiger partial charge in [-0.2, -0.15) is 12.6 Å². The first-order chi connectivity index (χ1) is 15.8. The predicted molar refractivity (Wildman–Crippen MR) is 124 cm³/mol. The van der Waals surface area contributed by atoms with E-state index >= 15 is 0 Å². The third kappa shape index (κ3) is 12.2. The van der Waals surface area contributed by atoms with Gasteiger partial charge in [-0.15, -0.1) is 0 Å². The molecule has 0 aliphatic rings. The van der Waals surface area contributed by atoms with E-state index in [2.05, 4.69) is 33.6 Å². The standard InChI is InChI=1S/C18H33N7O8S/c1-8(26)13(19)16(31)24-9(3-2-6-22-18(20)21)14(29)23-10(4-5-12(27)28)15(30)25-11(7-34)17(32)33/h8-11,13,26,34H,2-7,19H2,1H3,(H,23,29)(H,24,31)(H,25,30)(H,27,28)(H,32,33)(H4,20,21,22). The Morgan fingerprint density at radius 3 is 1.85 bits per heavy atom. The largest absolute Gasteiger partial charge is 0.481 e. The first-order valence-electron chi connectivity index (χ1n) is 10.3. The van der Waals surface area contributed by atoms with Crippen LogP contribution in [0.15, 0.2) is 4.99 Å². The summed E-state index contributed by atoms with van der Waals surface area (Å²) in [5.41, 5.74) is 16.1. The zero-order valence-electron chi connectivity index (χ0n) is 18.6. The molecule has 0 heterocycles. The lowest BCUT2D eigenvalue weighted by molar-refractivity contribution is -0.142. The van der Waals surface area contributed by atoms with Crippen LogP contribution >= 0.6 is 12.6 Å². The number of nitrogens with one attached hydrogen (secondary N) is 3. The Morgan fingerprint density at radius 1 is 0.912 bits per heavy atom. The van der Waals surface area contributed by atoms with Crippen LogP contribution in [0.2, 0.25) is 0 Å². The van der Waals surface area contributed by atoms with Crippen LogP contribution < -0.4 is 33.2 Å². The van der Waals surface area contributed by atoms with Crippen molar-refractivity contribution >= 4 is 48.2 Å². The summed E-state index contributed by atoms with van der Waals surface area (Å²) in [6.45, 7) is 1.40. The van der Waals surface area contributed by atoms with E-state index in [9.17, 15) is 29.1 Å². The highest BCUT2D eigenvalue weighted by Gasteiger charge is 2.30. The van der Waals surface area contributed by atoms with E-state index in [4.69, 9.17) is 27.4 Å². The topological polar surface area (TPSA) is 273 Å². The molecule has 12 N–H and O–H groups in total. The Morgan fingerprint density at radius 2 is 1.41 bits per heavy atom. The van der Waals surface area contributed by atoms with E-state index in [-0.39, 0.29) is 37.5 Å².